The summed E-state index contributed by atoms with van der Waals surface area (Å²) in [4.78, 5) is 25.9. The van der Waals surface area contributed by atoms with Gasteiger partial charge in [0.1, 0.15) is 5.60 Å². The lowest BCUT2D eigenvalue weighted by molar-refractivity contribution is -0.156. The van der Waals surface area contributed by atoms with Gasteiger partial charge in [0, 0.05) is 19.2 Å². The number of rotatable bonds is 3. The van der Waals surface area contributed by atoms with Crippen LogP contribution in [-0.2, 0) is 19.1 Å². The summed E-state index contributed by atoms with van der Waals surface area (Å²) >= 11 is 0. The van der Waals surface area contributed by atoms with Crippen LogP contribution in [-0.4, -0.2) is 48.7 Å². The first-order valence-electron chi connectivity index (χ1n) is 7.09. The Morgan fingerprint density at radius 2 is 2.16 bits per heavy atom. The number of carbonyl (C=O) groups excluding carboxylic acids is 2. The maximum Gasteiger partial charge on any atom is 0.307 e. The summed E-state index contributed by atoms with van der Waals surface area (Å²) in [7, 11) is 1.39. The molecule has 0 saturated carbocycles. The highest BCUT2D eigenvalue weighted by Crippen LogP contribution is 2.31. The number of ether oxygens (including phenoxy) is 2. The predicted octanol–water partition coefficient (Wildman–Crippen LogP) is 1.50. The van der Waals surface area contributed by atoms with Crippen molar-refractivity contribution < 1.29 is 19.1 Å². The molecule has 5 heteroatoms. The van der Waals surface area contributed by atoms with Gasteiger partial charge in [0.05, 0.1) is 13.5 Å². The number of likely N-dealkylation sites (tertiary alicyclic amines) is 1. The van der Waals surface area contributed by atoms with Crippen LogP contribution in [0.3, 0.4) is 0 Å². The topological polar surface area (TPSA) is 55.8 Å². The van der Waals surface area contributed by atoms with Crippen molar-refractivity contribution in [3.05, 3.63) is 0 Å². The first kappa shape index (κ1) is 14.3. The van der Waals surface area contributed by atoms with Gasteiger partial charge in [-0.15, -0.1) is 0 Å². The second-order valence-electron chi connectivity index (χ2n) is 5.61. The Labute approximate surface area is 114 Å². The lowest BCUT2D eigenvalue weighted by atomic mass is 9.94. The Hall–Kier alpha value is -1.10. The van der Waals surface area contributed by atoms with Gasteiger partial charge in [-0.1, -0.05) is 0 Å². The Morgan fingerprint density at radius 1 is 1.37 bits per heavy atom. The summed E-state index contributed by atoms with van der Waals surface area (Å²) in [6.45, 7) is 3.24. The third kappa shape index (κ3) is 3.08. The van der Waals surface area contributed by atoms with E-state index >= 15 is 0 Å². The second-order valence-corrected chi connectivity index (χ2v) is 5.61. The van der Waals surface area contributed by atoms with Crippen LogP contribution in [0.5, 0.6) is 0 Å². The van der Waals surface area contributed by atoms with E-state index in [1.807, 2.05) is 11.8 Å². The second kappa shape index (κ2) is 5.90. The minimum atomic E-state index is -0.689. The molecule has 2 rings (SSSR count). The number of amides is 1. The zero-order chi connectivity index (χ0) is 13.9. The van der Waals surface area contributed by atoms with Crippen molar-refractivity contribution in [2.45, 2.75) is 57.1 Å². The van der Waals surface area contributed by atoms with Crippen molar-refractivity contribution in [1.82, 2.24) is 4.90 Å². The van der Waals surface area contributed by atoms with E-state index in [1.54, 1.807) is 0 Å². The molecular weight excluding hydrogens is 246 g/mol. The molecule has 2 saturated heterocycles. The summed E-state index contributed by atoms with van der Waals surface area (Å²) < 4.78 is 10.4. The molecule has 0 aromatic carbocycles. The van der Waals surface area contributed by atoms with Gasteiger partial charge in [-0.25, -0.2) is 0 Å². The highest BCUT2D eigenvalue weighted by molar-refractivity contribution is 5.86. The molecule has 0 bridgehead atoms. The Morgan fingerprint density at radius 3 is 2.79 bits per heavy atom. The summed E-state index contributed by atoms with van der Waals surface area (Å²) in [5, 5.41) is 0. The van der Waals surface area contributed by atoms with Gasteiger partial charge in [0.15, 0.2) is 0 Å². The number of hydrogen-bond acceptors (Lipinski definition) is 4. The fourth-order valence-corrected chi connectivity index (χ4v) is 3.01. The molecule has 0 spiro atoms. The van der Waals surface area contributed by atoms with E-state index in [1.165, 1.54) is 7.11 Å². The summed E-state index contributed by atoms with van der Waals surface area (Å²) in [6.07, 6.45) is 4.92. The van der Waals surface area contributed by atoms with Crippen molar-refractivity contribution in [2.24, 2.45) is 0 Å². The number of nitrogens with zero attached hydrogens (tertiary/aromatic N) is 1. The molecule has 19 heavy (non-hydrogen) atoms. The number of esters is 1. The molecule has 2 unspecified atom stereocenters. The molecule has 0 aromatic rings. The first-order chi connectivity index (χ1) is 9.07. The molecule has 0 aromatic heterocycles. The van der Waals surface area contributed by atoms with Crippen LogP contribution in [0.15, 0.2) is 0 Å². The van der Waals surface area contributed by atoms with Gasteiger partial charge in [0.25, 0.3) is 5.91 Å². The molecule has 0 N–H and O–H groups in total. The van der Waals surface area contributed by atoms with E-state index in [-0.39, 0.29) is 17.9 Å². The number of hydrogen-bond donors (Lipinski definition) is 0. The van der Waals surface area contributed by atoms with Crippen LogP contribution >= 0.6 is 0 Å². The van der Waals surface area contributed by atoms with Crippen LogP contribution in [0.1, 0.15) is 45.4 Å². The average Bonchev–Trinajstić information content (AvgIpc) is 2.86. The number of piperidine rings is 1. The fourth-order valence-electron chi connectivity index (χ4n) is 3.01. The van der Waals surface area contributed by atoms with Crippen LogP contribution < -0.4 is 0 Å². The summed E-state index contributed by atoms with van der Waals surface area (Å²) in [5.41, 5.74) is -0.689. The molecule has 2 aliphatic heterocycles. The quantitative estimate of drug-likeness (QED) is 0.729. The van der Waals surface area contributed by atoms with Gasteiger partial charge in [-0.3, -0.25) is 9.59 Å². The largest absolute Gasteiger partial charge is 0.469 e. The van der Waals surface area contributed by atoms with Crippen LogP contribution in [0.25, 0.3) is 0 Å². The van der Waals surface area contributed by atoms with E-state index in [2.05, 4.69) is 0 Å². The average molecular weight is 269 g/mol. The highest BCUT2D eigenvalue weighted by Gasteiger charge is 2.43. The van der Waals surface area contributed by atoms with Crippen molar-refractivity contribution in [2.75, 3.05) is 20.3 Å². The predicted molar refractivity (Wildman–Crippen MR) is 69.6 cm³/mol. The van der Waals surface area contributed by atoms with E-state index in [9.17, 15) is 9.59 Å². The summed E-state index contributed by atoms with van der Waals surface area (Å²) in [6, 6.07) is -0.0327. The number of methoxy groups -OCH3 is 1. The van der Waals surface area contributed by atoms with Crippen molar-refractivity contribution in [3.8, 4) is 0 Å². The van der Waals surface area contributed by atoms with Gasteiger partial charge >= 0.3 is 5.97 Å². The highest BCUT2D eigenvalue weighted by atomic mass is 16.5. The Bertz CT molecular complexity index is 349. The minimum Gasteiger partial charge on any atom is -0.469 e. The number of carbonyl (C=O) groups is 2. The smallest absolute Gasteiger partial charge is 0.307 e. The Kier molecular flexibility index (Phi) is 4.45. The van der Waals surface area contributed by atoms with Crippen LogP contribution in [0.2, 0.25) is 0 Å². The Balaban J connectivity index is 2.06. The third-order valence-corrected chi connectivity index (χ3v) is 4.19. The fraction of sp³-hybridized carbons (Fsp3) is 0.857. The van der Waals surface area contributed by atoms with E-state index in [0.29, 0.717) is 13.0 Å². The van der Waals surface area contributed by atoms with Gasteiger partial charge in [-0.05, 0) is 39.0 Å². The summed E-state index contributed by atoms with van der Waals surface area (Å²) in [5.74, 6) is -0.208. The molecule has 0 aliphatic carbocycles. The van der Waals surface area contributed by atoms with Gasteiger partial charge in [0.2, 0.25) is 0 Å². The van der Waals surface area contributed by atoms with Crippen molar-refractivity contribution in [1.29, 1.82) is 0 Å². The normalized spacial score (nSPS) is 31.3. The SMILES string of the molecule is COC(=O)CC1CCCCN1C(=O)C1(C)CCCO1. The lowest BCUT2D eigenvalue weighted by Crippen LogP contribution is -2.53. The van der Waals surface area contributed by atoms with Crippen LogP contribution in [0.4, 0.5) is 0 Å². The van der Waals surface area contributed by atoms with Gasteiger partial charge < -0.3 is 14.4 Å². The minimum absolute atomic E-state index is 0.0327. The first-order valence-corrected chi connectivity index (χ1v) is 7.09. The molecule has 5 nitrogen and oxygen atoms in total. The third-order valence-electron chi connectivity index (χ3n) is 4.19. The molecule has 108 valence electrons. The molecule has 1 amide bonds. The maximum atomic E-state index is 12.7. The molecule has 0 radical (unpaired) electrons. The van der Waals surface area contributed by atoms with E-state index < -0.39 is 5.60 Å². The van der Waals surface area contributed by atoms with Crippen molar-refractivity contribution in [3.63, 3.8) is 0 Å². The molecule has 2 atom stereocenters. The zero-order valence-corrected chi connectivity index (χ0v) is 11.8. The van der Waals surface area contributed by atoms with Gasteiger partial charge in [-0.2, -0.15) is 0 Å². The molecule has 2 aliphatic rings. The zero-order valence-electron chi connectivity index (χ0n) is 11.8. The monoisotopic (exact) mass is 269 g/mol. The molecular formula is C14H23NO4. The van der Waals surface area contributed by atoms with Crippen molar-refractivity contribution >= 4 is 11.9 Å². The molecule has 2 fully saturated rings. The molecule has 2 heterocycles. The maximum absolute atomic E-state index is 12.7. The van der Waals surface area contributed by atoms with E-state index in [0.717, 1.165) is 38.6 Å². The standard InChI is InChI=1S/C14H23NO4/c1-14(7-5-9-19-14)13(17)15-8-4-3-6-11(15)10-12(16)18-2/h11H,3-10H2,1-2H3. The lowest BCUT2D eigenvalue weighted by Gasteiger charge is -2.39. The van der Waals surface area contributed by atoms with Crippen LogP contribution in [0, 0.1) is 0 Å². The van der Waals surface area contributed by atoms with E-state index in [4.69, 9.17) is 9.47 Å².